The van der Waals surface area contributed by atoms with Crippen molar-refractivity contribution in [2.75, 3.05) is 13.1 Å². The monoisotopic (exact) mass is 260 g/mol. The second-order valence-electron chi connectivity index (χ2n) is 5.67. The summed E-state index contributed by atoms with van der Waals surface area (Å²) in [4.78, 5) is 11.9. The molecular formula is C16H24N2O. The number of amides is 1. The fourth-order valence-corrected chi connectivity index (χ4v) is 2.86. The topological polar surface area (TPSA) is 55.1 Å². The minimum Gasteiger partial charge on any atom is -0.355 e. The zero-order valence-corrected chi connectivity index (χ0v) is 11.5. The molecule has 0 heterocycles. The van der Waals surface area contributed by atoms with Crippen LogP contribution < -0.4 is 11.1 Å². The molecule has 1 saturated carbocycles. The SMILES string of the molecule is NCC1(CNC(=O)CCc2ccccc2)CCCC1. The molecule has 0 radical (unpaired) electrons. The van der Waals surface area contributed by atoms with Gasteiger partial charge in [0.15, 0.2) is 0 Å². The molecule has 19 heavy (non-hydrogen) atoms. The molecule has 0 spiro atoms. The van der Waals surface area contributed by atoms with Crippen molar-refractivity contribution in [2.45, 2.75) is 38.5 Å². The van der Waals surface area contributed by atoms with Gasteiger partial charge in [0, 0.05) is 13.0 Å². The van der Waals surface area contributed by atoms with Crippen molar-refractivity contribution in [1.29, 1.82) is 0 Å². The third kappa shape index (κ3) is 4.06. The third-order valence-corrected chi connectivity index (χ3v) is 4.24. The van der Waals surface area contributed by atoms with Gasteiger partial charge >= 0.3 is 0 Å². The van der Waals surface area contributed by atoms with Gasteiger partial charge in [0.25, 0.3) is 0 Å². The van der Waals surface area contributed by atoms with Crippen molar-refractivity contribution in [3.05, 3.63) is 35.9 Å². The van der Waals surface area contributed by atoms with Crippen LogP contribution in [0.2, 0.25) is 0 Å². The van der Waals surface area contributed by atoms with Crippen LogP contribution in [-0.4, -0.2) is 19.0 Å². The van der Waals surface area contributed by atoms with E-state index in [2.05, 4.69) is 17.4 Å². The largest absolute Gasteiger partial charge is 0.355 e. The van der Waals surface area contributed by atoms with Crippen LogP contribution in [0, 0.1) is 5.41 Å². The molecule has 0 bridgehead atoms. The number of nitrogens with one attached hydrogen (secondary N) is 1. The van der Waals surface area contributed by atoms with E-state index in [1.165, 1.54) is 18.4 Å². The summed E-state index contributed by atoms with van der Waals surface area (Å²) in [5.74, 6) is 0.142. The van der Waals surface area contributed by atoms with E-state index in [9.17, 15) is 4.79 Å². The van der Waals surface area contributed by atoms with Crippen molar-refractivity contribution in [1.82, 2.24) is 5.32 Å². The maximum atomic E-state index is 11.9. The average molecular weight is 260 g/mol. The quantitative estimate of drug-likeness (QED) is 0.824. The van der Waals surface area contributed by atoms with E-state index in [1.54, 1.807) is 0 Å². The first-order chi connectivity index (χ1) is 9.24. The highest BCUT2D eigenvalue weighted by atomic mass is 16.1. The molecule has 3 heteroatoms. The van der Waals surface area contributed by atoms with E-state index >= 15 is 0 Å². The molecule has 1 fully saturated rings. The van der Waals surface area contributed by atoms with Crippen molar-refractivity contribution >= 4 is 5.91 Å². The highest BCUT2D eigenvalue weighted by molar-refractivity contribution is 5.76. The summed E-state index contributed by atoms with van der Waals surface area (Å²) in [5.41, 5.74) is 7.25. The number of hydrogen-bond acceptors (Lipinski definition) is 2. The van der Waals surface area contributed by atoms with Crippen LogP contribution in [0.25, 0.3) is 0 Å². The van der Waals surface area contributed by atoms with Crippen LogP contribution >= 0.6 is 0 Å². The number of benzene rings is 1. The van der Waals surface area contributed by atoms with E-state index < -0.39 is 0 Å². The summed E-state index contributed by atoms with van der Waals surface area (Å²) in [6.45, 7) is 1.43. The molecule has 1 aromatic rings. The number of carbonyl (C=O) groups is 1. The van der Waals surface area contributed by atoms with Gasteiger partial charge in [0.05, 0.1) is 0 Å². The Kier molecular flexibility index (Phi) is 4.97. The summed E-state index contributed by atoms with van der Waals surface area (Å²) in [6.07, 6.45) is 6.17. The highest BCUT2D eigenvalue weighted by Crippen LogP contribution is 2.36. The Morgan fingerprint density at radius 1 is 1.21 bits per heavy atom. The summed E-state index contributed by atoms with van der Waals surface area (Å²) < 4.78 is 0. The molecule has 1 aromatic carbocycles. The molecule has 1 aliphatic rings. The predicted molar refractivity (Wildman–Crippen MR) is 77.7 cm³/mol. The molecule has 3 N–H and O–H groups in total. The molecule has 0 atom stereocenters. The lowest BCUT2D eigenvalue weighted by molar-refractivity contribution is -0.121. The average Bonchev–Trinajstić information content (AvgIpc) is 2.93. The Balaban J connectivity index is 1.72. The minimum absolute atomic E-state index is 0.142. The van der Waals surface area contributed by atoms with Crippen LogP contribution in [0.3, 0.4) is 0 Å². The van der Waals surface area contributed by atoms with Gasteiger partial charge in [-0.25, -0.2) is 0 Å². The van der Waals surface area contributed by atoms with Crippen molar-refractivity contribution in [3.8, 4) is 0 Å². The van der Waals surface area contributed by atoms with Gasteiger partial charge in [-0.3, -0.25) is 4.79 Å². The van der Waals surface area contributed by atoms with Crippen LogP contribution in [-0.2, 0) is 11.2 Å². The van der Waals surface area contributed by atoms with E-state index in [0.717, 1.165) is 25.8 Å². The van der Waals surface area contributed by atoms with Crippen LogP contribution in [0.1, 0.15) is 37.7 Å². The molecular weight excluding hydrogens is 236 g/mol. The molecule has 104 valence electrons. The molecule has 1 aliphatic carbocycles. The van der Waals surface area contributed by atoms with Gasteiger partial charge in [-0.05, 0) is 36.8 Å². The zero-order valence-electron chi connectivity index (χ0n) is 11.5. The van der Waals surface area contributed by atoms with Gasteiger partial charge < -0.3 is 11.1 Å². The maximum absolute atomic E-state index is 11.9. The lowest BCUT2D eigenvalue weighted by Crippen LogP contribution is -2.40. The Bertz CT molecular complexity index is 396. The first kappa shape index (κ1) is 14.1. The summed E-state index contributed by atoms with van der Waals surface area (Å²) in [7, 11) is 0. The Labute approximate surface area is 115 Å². The van der Waals surface area contributed by atoms with E-state index in [0.29, 0.717) is 13.0 Å². The van der Waals surface area contributed by atoms with E-state index in [4.69, 9.17) is 5.73 Å². The second kappa shape index (κ2) is 6.71. The number of carbonyl (C=O) groups excluding carboxylic acids is 1. The number of aryl methyl sites for hydroxylation is 1. The fourth-order valence-electron chi connectivity index (χ4n) is 2.86. The van der Waals surface area contributed by atoms with Crippen LogP contribution in [0.5, 0.6) is 0 Å². The van der Waals surface area contributed by atoms with Gasteiger partial charge in [0.1, 0.15) is 0 Å². The summed E-state index contributed by atoms with van der Waals surface area (Å²) >= 11 is 0. The first-order valence-electron chi connectivity index (χ1n) is 7.25. The molecule has 0 aromatic heterocycles. The Morgan fingerprint density at radius 2 is 1.89 bits per heavy atom. The van der Waals surface area contributed by atoms with Crippen molar-refractivity contribution in [3.63, 3.8) is 0 Å². The highest BCUT2D eigenvalue weighted by Gasteiger charge is 2.32. The first-order valence-corrected chi connectivity index (χ1v) is 7.25. The predicted octanol–water partition coefficient (Wildman–Crippen LogP) is 2.25. The van der Waals surface area contributed by atoms with Crippen molar-refractivity contribution < 1.29 is 4.79 Å². The molecule has 3 nitrogen and oxygen atoms in total. The molecule has 0 saturated heterocycles. The van der Waals surface area contributed by atoms with Gasteiger partial charge in [-0.2, -0.15) is 0 Å². The number of rotatable bonds is 6. The lowest BCUT2D eigenvalue weighted by atomic mass is 9.86. The Hall–Kier alpha value is -1.35. The minimum atomic E-state index is 0.142. The summed E-state index contributed by atoms with van der Waals surface area (Å²) in [5, 5.41) is 3.07. The van der Waals surface area contributed by atoms with Crippen LogP contribution in [0.4, 0.5) is 0 Å². The molecule has 0 unspecified atom stereocenters. The lowest BCUT2D eigenvalue weighted by Gasteiger charge is -2.27. The summed E-state index contributed by atoms with van der Waals surface area (Å²) in [6, 6.07) is 10.1. The smallest absolute Gasteiger partial charge is 0.220 e. The Morgan fingerprint density at radius 3 is 2.53 bits per heavy atom. The van der Waals surface area contributed by atoms with Crippen LogP contribution in [0.15, 0.2) is 30.3 Å². The number of nitrogens with two attached hydrogens (primary N) is 1. The number of hydrogen-bond donors (Lipinski definition) is 2. The standard InChI is InChI=1S/C16H24N2O/c17-12-16(10-4-5-11-16)13-18-15(19)9-8-14-6-2-1-3-7-14/h1-3,6-7H,4-5,8-13,17H2,(H,18,19). The van der Waals surface area contributed by atoms with Crippen molar-refractivity contribution in [2.24, 2.45) is 11.1 Å². The molecule has 0 aliphatic heterocycles. The fraction of sp³-hybridized carbons (Fsp3) is 0.562. The van der Waals surface area contributed by atoms with Gasteiger partial charge in [-0.15, -0.1) is 0 Å². The molecule has 1 amide bonds. The normalized spacial score (nSPS) is 17.3. The maximum Gasteiger partial charge on any atom is 0.220 e. The molecule has 2 rings (SSSR count). The zero-order chi connectivity index (χ0) is 13.6. The second-order valence-corrected chi connectivity index (χ2v) is 5.67. The van der Waals surface area contributed by atoms with Gasteiger partial charge in [0.2, 0.25) is 5.91 Å². The van der Waals surface area contributed by atoms with E-state index in [-0.39, 0.29) is 11.3 Å². The van der Waals surface area contributed by atoms with Gasteiger partial charge in [-0.1, -0.05) is 43.2 Å². The third-order valence-electron chi connectivity index (χ3n) is 4.24. The van der Waals surface area contributed by atoms with E-state index in [1.807, 2.05) is 18.2 Å².